The number of aromatic nitrogens is 2. The Balaban J connectivity index is 2.73. The van der Waals surface area contributed by atoms with E-state index in [1.165, 1.54) is 0 Å². The summed E-state index contributed by atoms with van der Waals surface area (Å²) in [6.07, 6.45) is 2.45. The molecule has 5 nitrogen and oxygen atoms in total. The van der Waals surface area contributed by atoms with Gasteiger partial charge in [-0.05, 0) is 33.6 Å². The Kier molecular flexibility index (Phi) is 5.34. The van der Waals surface area contributed by atoms with E-state index < -0.39 is 5.60 Å². The van der Waals surface area contributed by atoms with Crippen LogP contribution < -0.4 is 5.32 Å². The van der Waals surface area contributed by atoms with Crippen LogP contribution in [0.15, 0.2) is 6.20 Å². The molecule has 0 saturated carbocycles. The highest BCUT2D eigenvalue weighted by atomic mass is 16.3. The maximum absolute atomic E-state index is 12.2. The normalized spacial score (nSPS) is 16.0. The number of hydrogen-bond donors (Lipinski definition) is 2. The first-order valence-corrected chi connectivity index (χ1v) is 7.25. The van der Waals surface area contributed by atoms with Crippen molar-refractivity contribution < 1.29 is 9.90 Å². The smallest absolute Gasteiger partial charge is 0.254 e. The molecule has 20 heavy (non-hydrogen) atoms. The fourth-order valence-corrected chi connectivity index (χ4v) is 2.14. The molecule has 0 bridgehead atoms. The molecular weight excluding hydrogens is 254 g/mol. The highest BCUT2D eigenvalue weighted by Gasteiger charge is 2.28. The lowest BCUT2D eigenvalue weighted by Crippen LogP contribution is -2.45. The number of carbonyl (C=O) groups is 1. The Morgan fingerprint density at radius 3 is 2.55 bits per heavy atom. The van der Waals surface area contributed by atoms with Crippen LogP contribution in [0.4, 0.5) is 0 Å². The van der Waals surface area contributed by atoms with Crippen molar-refractivity contribution in [2.24, 2.45) is 5.92 Å². The van der Waals surface area contributed by atoms with Gasteiger partial charge in [0.2, 0.25) is 0 Å². The van der Waals surface area contributed by atoms with Crippen molar-refractivity contribution >= 4 is 5.91 Å². The molecule has 2 N–H and O–H groups in total. The first-order valence-electron chi connectivity index (χ1n) is 7.25. The van der Waals surface area contributed by atoms with Crippen molar-refractivity contribution in [2.75, 3.05) is 6.54 Å². The molecule has 0 spiro atoms. The Labute approximate surface area is 121 Å². The third-order valence-corrected chi connectivity index (χ3v) is 4.06. The summed E-state index contributed by atoms with van der Waals surface area (Å²) in [5.74, 6) is -0.0553. The van der Waals surface area contributed by atoms with Crippen LogP contribution in [0.1, 0.15) is 63.1 Å². The number of nitrogens with zero attached hydrogens (tertiary/aromatic N) is 2. The van der Waals surface area contributed by atoms with Gasteiger partial charge in [-0.1, -0.05) is 20.3 Å². The summed E-state index contributed by atoms with van der Waals surface area (Å²) in [6.45, 7) is 11.9. The standard InChI is InChI=1S/C15H27N3O2/c1-7-11(4)15(6,20)9-16-14(19)13-8-17-18(10(2)3)12(13)5/h8,10-11,20H,7,9H2,1-6H3,(H,16,19). The van der Waals surface area contributed by atoms with E-state index >= 15 is 0 Å². The maximum Gasteiger partial charge on any atom is 0.254 e. The molecule has 1 rings (SSSR count). The fraction of sp³-hybridized carbons (Fsp3) is 0.733. The fourth-order valence-electron chi connectivity index (χ4n) is 2.14. The van der Waals surface area contributed by atoms with Gasteiger partial charge in [-0.15, -0.1) is 0 Å². The van der Waals surface area contributed by atoms with E-state index in [9.17, 15) is 9.90 Å². The number of aliphatic hydroxyl groups is 1. The van der Waals surface area contributed by atoms with Crippen LogP contribution in [0.2, 0.25) is 0 Å². The van der Waals surface area contributed by atoms with Gasteiger partial charge in [0.25, 0.3) is 5.91 Å². The molecule has 1 aromatic rings. The van der Waals surface area contributed by atoms with Crippen molar-refractivity contribution in [3.63, 3.8) is 0 Å². The van der Waals surface area contributed by atoms with E-state index in [-0.39, 0.29) is 24.4 Å². The van der Waals surface area contributed by atoms with E-state index in [0.29, 0.717) is 5.56 Å². The van der Waals surface area contributed by atoms with Gasteiger partial charge < -0.3 is 10.4 Å². The van der Waals surface area contributed by atoms with Crippen LogP contribution in [0.3, 0.4) is 0 Å². The first kappa shape index (κ1) is 16.7. The van der Waals surface area contributed by atoms with Gasteiger partial charge in [-0.2, -0.15) is 5.10 Å². The maximum atomic E-state index is 12.2. The SMILES string of the molecule is CCC(C)C(C)(O)CNC(=O)c1cnn(C(C)C)c1C. The van der Waals surface area contributed by atoms with Crippen LogP contribution in [0, 0.1) is 12.8 Å². The highest BCUT2D eigenvalue weighted by Crippen LogP contribution is 2.19. The molecule has 114 valence electrons. The Bertz CT molecular complexity index is 464. The molecule has 2 atom stereocenters. The van der Waals surface area contributed by atoms with Gasteiger partial charge in [0.05, 0.1) is 17.4 Å². The lowest BCUT2D eigenvalue weighted by atomic mass is 9.88. The van der Waals surface area contributed by atoms with Crippen LogP contribution in [-0.4, -0.2) is 32.9 Å². The largest absolute Gasteiger partial charge is 0.388 e. The molecule has 0 saturated heterocycles. The molecule has 1 aromatic heterocycles. The molecule has 0 aliphatic carbocycles. The molecule has 2 unspecified atom stereocenters. The topological polar surface area (TPSA) is 67.2 Å². The zero-order chi connectivity index (χ0) is 15.5. The molecule has 0 aliphatic heterocycles. The van der Waals surface area contributed by atoms with Crippen molar-refractivity contribution in [3.8, 4) is 0 Å². The average Bonchev–Trinajstić information content (AvgIpc) is 2.77. The average molecular weight is 281 g/mol. The number of nitrogens with one attached hydrogen (secondary N) is 1. The third-order valence-electron chi connectivity index (χ3n) is 4.06. The molecule has 1 amide bonds. The summed E-state index contributed by atoms with van der Waals surface area (Å²) in [5, 5.41) is 17.3. The third kappa shape index (κ3) is 3.60. The van der Waals surface area contributed by atoms with Crippen LogP contribution in [0.5, 0.6) is 0 Å². The second-order valence-electron chi connectivity index (χ2n) is 6.03. The summed E-state index contributed by atoms with van der Waals surface area (Å²) in [5.41, 5.74) is 0.520. The van der Waals surface area contributed by atoms with Crippen LogP contribution in [-0.2, 0) is 0 Å². The summed E-state index contributed by atoms with van der Waals surface area (Å²) in [7, 11) is 0. The van der Waals surface area contributed by atoms with E-state index in [1.807, 2.05) is 39.3 Å². The van der Waals surface area contributed by atoms with Gasteiger partial charge >= 0.3 is 0 Å². The van der Waals surface area contributed by atoms with Crippen molar-refractivity contribution in [3.05, 3.63) is 17.5 Å². The minimum absolute atomic E-state index is 0.127. The minimum atomic E-state index is -0.896. The quantitative estimate of drug-likeness (QED) is 0.840. The second-order valence-corrected chi connectivity index (χ2v) is 6.03. The number of rotatable bonds is 6. The van der Waals surface area contributed by atoms with E-state index in [0.717, 1.165) is 12.1 Å². The molecule has 5 heteroatoms. The zero-order valence-electron chi connectivity index (χ0n) is 13.4. The van der Waals surface area contributed by atoms with Gasteiger partial charge in [-0.3, -0.25) is 9.48 Å². The predicted octanol–water partition coefficient (Wildman–Crippen LogP) is 2.30. The van der Waals surface area contributed by atoms with Crippen molar-refractivity contribution in [1.29, 1.82) is 0 Å². The second kappa shape index (κ2) is 6.39. The van der Waals surface area contributed by atoms with Crippen molar-refractivity contribution in [2.45, 2.75) is 59.6 Å². The monoisotopic (exact) mass is 281 g/mol. The van der Waals surface area contributed by atoms with Crippen molar-refractivity contribution in [1.82, 2.24) is 15.1 Å². The Morgan fingerprint density at radius 1 is 1.50 bits per heavy atom. The Hall–Kier alpha value is -1.36. The van der Waals surface area contributed by atoms with E-state index in [1.54, 1.807) is 13.1 Å². The molecular formula is C15H27N3O2. The number of carbonyl (C=O) groups excluding carboxylic acids is 1. The molecule has 1 heterocycles. The van der Waals surface area contributed by atoms with Crippen LogP contribution in [0.25, 0.3) is 0 Å². The molecule has 0 aromatic carbocycles. The van der Waals surface area contributed by atoms with Gasteiger partial charge in [0, 0.05) is 18.3 Å². The van der Waals surface area contributed by atoms with Crippen LogP contribution >= 0.6 is 0 Å². The Morgan fingerprint density at radius 2 is 2.10 bits per heavy atom. The van der Waals surface area contributed by atoms with Gasteiger partial charge in [-0.25, -0.2) is 0 Å². The van der Waals surface area contributed by atoms with E-state index in [4.69, 9.17) is 0 Å². The minimum Gasteiger partial charge on any atom is -0.388 e. The summed E-state index contributed by atoms with van der Waals surface area (Å²) in [6, 6.07) is 0.222. The van der Waals surface area contributed by atoms with Gasteiger partial charge in [0.1, 0.15) is 0 Å². The summed E-state index contributed by atoms with van der Waals surface area (Å²) in [4.78, 5) is 12.2. The summed E-state index contributed by atoms with van der Waals surface area (Å²) >= 11 is 0. The zero-order valence-corrected chi connectivity index (χ0v) is 13.4. The van der Waals surface area contributed by atoms with Gasteiger partial charge in [0.15, 0.2) is 0 Å². The van der Waals surface area contributed by atoms with E-state index in [2.05, 4.69) is 10.4 Å². The molecule has 0 radical (unpaired) electrons. The predicted molar refractivity (Wildman–Crippen MR) is 79.8 cm³/mol. The first-order chi connectivity index (χ1) is 9.20. The number of hydrogen-bond acceptors (Lipinski definition) is 3. The highest BCUT2D eigenvalue weighted by molar-refractivity contribution is 5.95. The lowest BCUT2D eigenvalue weighted by molar-refractivity contribution is 0.00591. The molecule has 0 aliphatic rings. The number of amides is 1. The lowest BCUT2D eigenvalue weighted by Gasteiger charge is -2.29. The summed E-state index contributed by atoms with van der Waals surface area (Å²) < 4.78 is 1.82. The molecule has 0 fully saturated rings.